The Kier molecular flexibility index (Phi) is 5.22. The van der Waals surface area contributed by atoms with E-state index in [-0.39, 0.29) is 18.0 Å². The van der Waals surface area contributed by atoms with E-state index in [1.807, 2.05) is 13.2 Å². The third-order valence-corrected chi connectivity index (χ3v) is 4.51. The van der Waals surface area contributed by atoms with Crippen LogP contribution in [0.15, 0.2) is 18.2 Å². The van der Waals surface area contributed by atoms with E-state index < -0.39 is 17.8 Å². The Labute approximate surface area is 128 Å². The van der Waals surface area contributed by atoms with Gasteiger partial charge < -0.3 is 4.90 Å². The van der Waals surface area contributed by atoms with Crippen molar-refractivity contribution in [3.05, 3.63) is 35.4 Å². The summed E-state index contributed by atoms with van der Waals surface area (Å²) in [5.41, 5.74) is 0.314. The smallest absolute Gasteiger partial charge is 0.241 e. The second kappa shape index (κ2) is 6.75. The molecule has 0 aliphatic carbocycles. The van der Waals surface area contributed by atoms with Gasteiger partial charge in [0.25, 0.3) is 0 Å². The van der Waals surface area contributed by atoms with Gasteiger partial charge in [-0.2, -0.15) is 11.8 Å². The Hall–Kier alpha value is -1.14. The van der Waals surface area contributed by atoms with Crippen molar-refractivity contribution < 1.29 is 13.6 Å². The molecule has 0 radical (unpaired) electrons. The number of amides is 1. The zero-order chi connectivity index (χ0) is 15.6. The molecule has 1 aromatic carbocycles. The molecule has 0 saturated carbocycles. The highest BCUT2D eigenvalue weighted by molar-refractivity contribution is 7.98. The van der Waals surface area contributed by atoms with Crippen LogP contribution in [0.1, 0.15) is 32.0 Å². The summed E-state index contributed by atoms with van der Waals surface area (Å²) in [6, 6.07) is 3.15. The topological polar surface area (TPSA) is 32.3 Å². The van der Waals surface area contributed by atoms with Gasteiger partial charge in [-0.3, -0.25) is 10.1 Å². The summed E-state index contributed by atoms with van der Waals surface area (Å²) < 4.78 is 27.1. The van der Waals surface area contributed by atoms with Crippen LogP contribution in [0.3, 0.4) is 0 Å². The maximum atomic E-state index is 14.1. The molecule has 1 aromatic rings. The monoisotopic (exact) mass is 314 g/mol. The van der Waals surface area contributed by atoms with Crippen molar-refractivity contribution in [3.8, 4) is 0 Å². The number of hydrogen-bond acceptors (Lipinski definition) is 3. The third kappa shape index (κ3) is 3.21. The average Bonchev–Trinajstić information content (AvgIpc) is 2.72. The van der Waals surface area contributed by atoms with E-state index in [9.17, 15) is 13.6 Å². The Morgan fingerprint density at radius 2 is 2.14 bits per heavy atom. The molecule has 1 N–H and O–H groups in total. The second-order valence-electron chi connectivity index (χ2n) is 5.22. The number of halogens is 2. The van der Waals surface area contributed by atoms with Gasteiger partial charge in [0.05, 0.1) is 6.04 Å². The molecule has 1 heterocycles. The van der Waals surface area contributed by atoms with Crippen molar-refractivity contribution in [1.29, 1.82) is 0 Å². The van der Waals surface area contributed by atoms with Gasteiger partial charge in [-0.15, -0.1) is 0 Å². The van der Waals surface area contributed by atoms with Gasteiger partial charge in [0.15, 0.2) is 0 Å². The fourth-order valence-corrected chi connectivity index (χ4v) is 3.46. The third-order valence-electron chi connectivity index (χ3n) is 3.79. The number of rotatable bonds is 5. The predicted octanol–water partition coefficient (Wildman–Crippen LogP) is 2.93. The summed E-state index contributed by atoms with van der Waals surface area (Å²) in [5.74, 6) is -0.491. The molecular formula is C15H20F2N2OS. The molecule has 2 rings (SSSR count). The van der Waals surface area contributed by atoms with Gasteiger partial charge in [0.1, 0.15) is 17.8 Å². The number of benzene rings is 1. The van der Waals surface area contributed by atoms with Gasteiger partial charge in [-0.05, 0) is 31.7 Å². The first-order valence-electron chi connectivity index (χ1n) is 7.01. The molecule has 21 heavy (non-hydrogen) atoms. The summed E-state index contributed by atoms with van der Waals surface area (Å²) in [4.78, 5) is 14.1. The molecule has 3 atom stereocenters. The summed E-state index contributed by atoms with van der Waals surface area (Å²) >= 11 is 1.65. The van der Waals surface area contributed by atoms with Gasteiger partial charge in [-0.25, -0.2) is 8.78 Å². The molecule has 1 saturated heterocycles. The molecule has 6 heteroatoms. The predicted molar refractivity (Wildman–Crippen MR) is 81.0 cm³/mol. The van der Waals surface area contributed by atoms with E-state index in [1.165, 1.54) is 12.1 Å². The number of thioether (sulfide) groups is 1. The minimum atomic E-state index is -0.626. The largest absolute Gasteiger partial charge is 0.318 e. The van der Waals surface area contributed by atoms with Crippen molar-refractivity contribution in [2.24, 2.45) is 0 Å². The van der Waals surface area contributed by atoms with Crippen molar-refractivity contribution in [1.82, 2.24) is 10.2 Å². The number of carbonyl (C=O) groups is 1. The maximum Gasteiger partial charge on any atom is 0.241 e. The van der Waals surface area contributed by atoms with Crippen molar-refractivity contribution in [2.45, 2.75) is 38.5 Å². The van der Waals surface area contributed by atoms with Crippen LogP contribution in [-0.4, -0.2) is 34.9 Å². The van der Waals surface area contributed by atoms with Gasteiger partial charge in [0.2, 0.25) is 5.91 Å². The SMILES string of the molecule is CCC(CSC)N1C(=O)C(C)NC1c1ccc(F)cc1F. The Bertz CT molecular complexity index is 526. The molecular weight excluding hydrogens is 294 g/mol. The van der Waals surface area contributed by atoms with Crippen LogP contribution < -0.4 is 5.32 Å². The second-order valence-corrected chi connectivity index (χ2v) is 6.13. The molecule has 1 amide bonds. The van der Waals surface area contributed by atoms with Gasteiger partial charge in [-0.1, -0.05) is 6.92 Å². The Balaban J connectivity index is 2.37. The molecule has 0 bridgehead atoms. The number of carbonyl (C=O) groups excluding carboxylic acids is 1. The summed E-state index contributed by atoms with van der Waals surface area (Å²) in [5, 5.41) is 3.11. The van der Waals surface area contributed by atoms with E-state index in [0.717, 1.165) is 18.2 Å². The normalized spacial score (nSPS) is 23.7. The zero-order valence-corrected chi connectivity index (χ0v) is 13.2. The zero-order valence-electron chi connectivity index (χ0n) is 12.4. The van der Waals surface area contributed by atoms with E-state index in [0.29, 0.717) is 5.56 Å². The lowest BCUT2D eigenvalue weighted by Gasteiger charge is -2.32. The first-order chi connectivity index (χ1) is 9.99. The Morgan fingerprint density at radius 1 is 1.43 bits per heavy atom. The highest BCUT2D eigenvalue weighted by atomic mass is 32.2. The van der Waals surface area contributed by atoms with Crippen LogP contribution in [-0.2, 0) is 4.79 Å². The number of nitrogens with one attached hydrogen (secondary N) is 1. The molecule has 1 aliphatic rings. The van der Waals surface area contributed by atoms with Gasteiger partial charge in [0, 0.05) is 23.4 Å². The summed E-state index contributed by atoms with van der Waals surface area (Å²) in [6.45, 7) is 3.78. The molecule has 1 fully saturated rings. The standard InChI is InChI=1S/C15H20F2N2OS/c1-4-11(8-21-3)19-14(18-9(2)15(19)20)12-6-5-10(16)7-13(12)17/h5-7,9,11,14,18H,4,8H2,1-3H3. The van der Waals surface area contributed by atoms with Crippen LogP contribution in [0, 0.1) is 11.6 Å². The average molecular weight is 314 g/mol. The van der Waals surface area contributed by atoms with Crippen LogP contribution in [0.5, 0.6) is 0 Å². The lowest BCUT2D eigenvalue weighted by atomic mass is 10.1. The van der Waals surface area contributed by atoms with Gasteiger partial charge >= 0.3 is 0 Å². The number of hydrogen-bond donors (Lipinski definition) is 1. The highest BCUT2D eigenvalue weighted by Crippen LogP contribution is 2.31. The maximum absolute atomic E-state index is 14.1. The van der Waals surface area contributed by atoms with Crippen molar-refractivity contribution >= 4 is 17.7 Å². The molecule has 1 aliphatic heterocycles. The summed E-state index contributed by atoms with van der Waals surface area (Å²) in [6.07, 6.45) is 2.23. The molecule has 3 unspecified atom stereocenters. The van der Waals surface area contributed by atoms with Crippen LogP contribution in [0.25, 0.3) is 0 Å². The van der Waals surface area contributed by atoms with E-state index in [1.54, 1.807) is 23.6 Å². The van der Waals surface area contributed by atoms with E-state index in [2.05, 4.69) is 5.32 Å². The minimum Gasteiger partial charge on any atom is -0.318 e. The lowest BCUT2D eigenvalue weighted by molar-refractivity contribution is -0.131. The number of nitrogens with zero attached hydrogens (tertiary/aromatic N) is 1. The van der Waals surface area contributed by atoms with Crippen molar-refractivity contribution in [2.75, 3.05) is 12.0 Å². The fourth-order valence-electron chi connectivity index (χ4n) is 2.68. The minimum absolute atomic E-state index is 0.0272. The Morgan fingerprint density at radius 3 is 2.71 bits per heavy atom. The molecule has 0 spiro atoms. The van der Waals surface area contributed by atoms with Crippen molar-refractivity contribution in [3.63, 3.8) is 0 Å². The van der Waals surface area contributed by atoms with Crippen LogP contribution in [0.2, 0.25) is 0 Å². The van der Waals surface area contributed by atoms with Crippen LogP contribution >= 0.6 is 11.8 Å². The molecule has 0 aromatic heterocycles. The highest BCUT2D eigenvalue weighted by Gasteiger charge is 2.41. The first-order valence-corrected chi connectivity index (χ1v) is 8.41. The lowest BCUT2D eigenvalue weighted by Crippen LogP contribution is -2.41. The first kappa shape index (κ1) is 16.2. The van der Waals surface area contributed by atoms with E-state index >= 15 is 0 Å². The molecule has 3 nitrogen and oxygen atoms in total. The molecule has 116 valence electrons. The fraction of sp³-hybridized carbons (Fsp3) is 0.533. The quantitative estimate of drug-likeness (QED) is 0.907. The van der Waals surface area contributed by atoms with E-state index in [4.69, 9.17) is 0 Å². The summed E-state index contributed by atoms with van der Waals surface area (Å²) in [7, 11) is 0. The van der Waals surface area contributed by atoms with Crippen LogP contribution in [0.4, 0.5) is 8.78 Å².